The van der Waals surface area contributed by atoms with Gasteiger partial charge in [0.05, 0.1) is 5.56 Å². The Balaban J connectivity index is 2.05. The van der Waals surface area contributed by atoms with Crippen LogP contribution in [0.4, 0.5) is 5.69 Å². The Hall–Kier alpha value is -1.27. The van der Waals surface area contributed by atoms with Crippen LogP contribution in [-0.2, 0) is 6.54 Å². The van der Waals surface area contributed by atoms with E-state index in [-0.39, 0.29) is 5.91 Å². The van der Waals surface area contributed by atoms with Crippen molar-refractivity contribution in [3.05, 3.63) is 62.2 Å². The molecule has 0 spiro atoms. The van der Waals surface area contributed by atoms with Gasteiger partial charge in [-0.3, -0.25) is 4.79 Å². The predicted octanol–water partition coefficient (Wildman–Crippen LogP) is 3.46. The molecule has 0 aliphatic heterocycles. The lowest BCUT2D eigenvalue weighted by Crippen LogP contribution is -2.23. The molecule has 2 aromatic carbocycles. The quantitative estimate of drug-likeness (QED) is 0.627. The van der Waals surface area contributed by atoms with E-state index in [4.69, 9.17) is 17.3 Å². The van der Waals surface area contributed by atoms with Crippen molar-refractivity contribution in [1.82, 2.24) is 5.32 Å². The molecular weight excluding hydrogens is 375 g/mol. The minimum atomic E-state index is -0.175. The maximum absolute atomic E-state index is 12.0. The summed E-state index contributed by atoms with van der Waals surface area (Å²) in [6, 6.07) is 12.7. The van der Waals surface area contributed by atoms with Crippen molar-refractivity contribution in [3.63, 3.8) is 0 Å². The molecule has 0 bridgehead atoms. The van der Waals surface area contributed by atoms with Crippen LogP contribution in [0.25, 0.3) is 0 Å². The Morgan fingerprint density at radius 1 is 1.21 bits per heavy atom. The van der Waals surface area contributed by atoms with Crippen LogP contribution in [0.2, 0.25) is 5.02 Å². The third-order valence-corrected chi connectivity index (χ3v) is 3.55. The van der Waals surface area contributed by atoms with Gasteiger partial charge in [0.15, 0.2) is 0 Å². The summed E-state index contributed by atoms with van der Waals surface area (Å²) in [5, 5.41) is 3.52. The first-order valence-electron chi connectivity index (χ1n) is 5.64. The normalized spacial score (nSPS) is 10.2. The summed E-state index contributed by atoms with van der Waals surface area (Å²) in [5.41, 5.74) is 7.77. The highest BCUT2D eigenvalue weighted by Crippen LogP contribution is 2.16. The summed E-state index contributed by atoms with van der Waals surface area (Å²) >= 11 is 7.95. The first kappa shape index (κ1) is 14.1. The molecule has 0 heterocycles. The van der Waals surface area contributed by atoms with Crippen LogP contribution >= 0.6 is 34.2 Å². The van der Waals surface area contributed by atoms with E-state index in [0.29, 0.717) is 22.8 Å². The van der Waals surface area contributed by atoms with Gasteiger partial charge in [-0.2, -0.15) is 0 Å². The van der Waals surface area contributed by atoms with Crippen LogP contribution in [0.5, 0.6) is 0 Å². The van der Waals surface area contributed by atoms with Gasteiger partial charge in [0, 0.05) is 20.8 Å². The Labute approximate surface area is 130 Å². The fourth-order valence-corrected chi connectivity index (χ4v) is 2.22. The molecule has 0 saturated carbocycles. The van der Waals surface area contributed by atoms with Crippen molar-refractivity contribution < 1.29 is 4.79 Å². The second-order valence-electron chi connectivity index (χ2n) is 4.04. The molecule has 0 fully saturated rings. The highest BCUT2D eigenvalue weighted by atomic mass is 127. The maximum atomic E-state index is 12.0. The van der Waals surface area contributed by atoms with Crippen molar-refractivity contribution in [2.24, 2.45) is 0 Å². The monoisotopic (exact) mass is 386 g/mol. The number of rotatable bonds is 3. The molecule has 2 aromatic rings. The fraction of sp³-hybridized carbons (Fsp3) is 0.0714. The minimum absolute atomic E-state index is 0.175. The van der Waals surface area contributed by atoms with Crippen molar-refractivity contribution in [1.29, 1.82) is 0 Å². The van der Waals surface area contributed by atoms with Gasteiger partial charge in [-0.1, -0.05) is 23.7 Å². The number of amides is 1. The molecule has 2 rings (SSSR count). The number of hydrogen-bond acceptors (Lipinski definition) is 2. The number of anilines is 1. The number of nitrogens with two attached hydrogens (primary N) is 1. The van der Waals surface area contributed by atoms with E-state index >= 15 is 0 Å². The van der Waals surface area contributed by atoms with Crippen molar-refractivity contribution >= 4 is 45.8 Å². The average molecular weight is 387 g/mol. The van der Waals surface area contributed by atoms with Crippen LogP contribution in [0.3, 0.4) is 0 Å². The van der Waals surface area contributed by atoms with Crippen LogP contribution in [-0.4, -0.2) is 5.91 Å². The summed E-state index contributed by atoms with van der Waals surface area (Å²) in [6.45, 7) is 0.445. The first-order chi connectivity index (χ1) is 9.06. The fourth-order valence-electron chi connectivity index (χ4n) is 1.60. The number of hydrogen-bond donors (Lipinski definition) is 2. The largest absolute Gasteiger partial charge is 0.398 e. The van der Waals surface area contributed by atoms with Crippen LogP contribution < -0.4 is 11.1 Å². The molecule has 0 radical (unpaired) electrons. The van der Waals surface area contributed by atoms with E-state index in [1.165, 1.54) is 0 Å². The Morgan fingerprint density at radius 2 is 1.89 bits per heavy atom. The minimum Gasteiger partial charge on any atom is -0.398 e. The zero-order chi connectivity index (χ0) is 13.8. The van der Waals surface area contributed by atoms with Gasteiger partial charge in [-0.25, -0.2) is 0 Å². The number of carbonyl (C=O) groups excluding carboxylic acids is 1. The molecule has 5 heteroatoms. The zero-order valence-corrected chi connectivity index (χ0v) is 12.9. The molecule has 0 aromatic heterocycles. The number of nitrogen functional groups attached to an aromatic ring is 1. The maximum Gasteiger partial charge on any atom is 0.253 e. The van der Waals surface area contributed by atoms with Gasteiger partial charge in [0.25, 0.3) is 5.91 Å². The van der Waals surface area contributed by atoms with E-state index in [0.717, 1.165) is 9.13 Å². The van der Waals surface area contributed by atoms with Gasteiger partial charge < -0.3 is 11.1 Å². The molecule has 98 valence electrons. The van der Waals surface area contributed by atoms with Gasteiger partial charge in [-0.15, -0.1) is 0 Å². The van der Waals surface area contributed by atoms with E-state index in [2.05, 4.69) is 27.9 Å². The van der Waals surface area contributed by atoms with Gasteiger partial charge in [0.1, 0.15) is 0 Å². The third-order valence-electron chi connectivity index (χ3n) is 2.63. The standard InChI is InChI=1S/C14H12ClIN2O/c15-10-3-1-9(2-4-10)8-18-14(19)12-7-11(16)5-6-13(12)17/h1-7H,8,17H2,(H,18,19). The second kappa shape index (κ2) is 6.25. The van der Waals surface area contributed by atoms with Crippen molar-refractivity contribution in [2.75, 3.05) is 5.73 Å². The first-order valence-corrected chi connectivity index (χ1v) is 7.09. The summed E-state index contributed by atoms with van der Waals surface area (Å²) in [6.07, 6.45) is 0. The average Bonchev–Trinajstić information content (AvgIpc) is 2.40. The number of halogens is 2. The highest BCUT2D eigenvalue weighted by molar-refractivity contribution is 14.1. The summed E-state index contributed by atoms with van der Waals surface area (Å²) in [4.78, 5) is 12.0. The molecule has 1 amide bonds. The second-order valence-corrected chi connectivity index (χ2v) is 5.72. The zero-order valence-electron chi connectivity index (χ0n) is 9.99. The van der Waals surface area contributed by atoms with Crippen molar-refractivity contribution in [3.8, 4) is 0 Å². The summed E-state index contributed by atoms with van der Waals surface area (Å²) in [7, 11) is 0. The molecule has 0 saturated heterocycles. The van der Waals surface area contributed by atoms with E-state index < -0.39 is 0 Å². The third kappa shape index (κ3) is 3.84. The molecule has 0 aliphatic rings. The lowest BCUT2D eigenvalue weighted by atomic mass is 10.1. The summed E-state index contributed by atoms with van der Waals surface area (Å²) < 4.78 is 0.975. The lowest BCUT2D eigenvalue weighted by molar-refractivity contribution is 0.0951. The Bertz CT molecular complexity index is 599. The number of benzene rings is 2. The Morgan fingerprint density at radius 3 is 2.58 bits per heavy atom. The Kier molecular flexibility index (Phi) is 4.66. The molecule has 19 heavy (non-hydrogen) atoms. The van der Waals surface area contributed by atoms with E-state index in [1.54, 1.807) is 24.3 Å². The lowest BCUT2D eigenvalue weighted by Gasteiger charge is -2.08. The van der Waals surface area contributed by atoms with Crippen LogP contribution in [0.15, 0.2) is 42.5 Å². The van der Waals surface area contributed by atoms with Gasteiger partial charge in [-0.05, 0) is 58.5 Å². The smallest absolute Gasteiger partial charge is 0.253 e. The van der Waals surface area contributed by atoms with E-state index in [9.17, 15) is 4.79 Å². The number of nitrogens with one attached hydrogen (secondary N) is 1. The molecule has 3 N–H and O–H groups in total. The molecule has 3 nitrogen and oxygen atoms in total. The van der Waals surface area contributed by atoms with Crippen molar-refractivity contribution in [2.45, 2.75) is 6.54 Å². The number of carbonyl (C=O) groups is 1. The highest BCUT2D eigenvalue weighted by Gasteiger charge is 2.09. The molecule has 0 aliphatic carbocycles. The van der Waals surface area contributed by atoms with Gasteiger partial charge in [0.2, 0.25) is 0 Å². The van der Waals surface area contributed by atoms with Crippen LogP contribution in [0, 0.1) is 3.57 Å². The van der Waals surface area contributed by atoms with Crippen LogP contribution in [0.1, 0.15) is 15.9 Å². The molecule has 0 unspecified atom stereocenters. The van der Waals surface area contributed by atoms with E-state index in [1.807, 2.05) is 18.2 Å². The molecule has 0 atom stereocenters. The predicted molar refractivity (Wildman–Crippen MR) is 86.2 cm³/mol. The molecular formula is C14H12ClIN2O. The van der Waals surface area contributed by atoms with Gasteiger partial charge >= 0.3 is 0 Å². The topological polar surface area (TPSA) is 55.1 Å². The summed E-state index contributed by atoms with van der Waals surface area (Å²) in [5.74, 6) is -0.175. The SMILES string of the molecule is Nc1ccc(I)cc1C(=O)NCc1ccc(Cl)cc1.